The number of hydrogen-bond acceptors (Lipinski definition) is 2. The molecule has 4 nitrogen and oxygen atoms in total. The lowest BCUT2D eigenvalue weighted by molar-refractivity contribution is 0.192. The molecule has 0 fully saturated rings. The van der Waals surface area contributed by atoms with E-state index in [4.69, 9.17) is 4.74 Å². The first-order valence-corrected chi connectivity index (χ1v) is 8.06. The molecule has 0 aromatic carbocycles. The van der Waals surface area contributed by atoms with Gasteiger partial charge >= 0.3 is 0 Å². The molecule has 0 aromatic rings. The average Bonchev–Trinajstić information content (AvgIpc) is 2.40. The van der Waals surface area contributed by atoms with Crippen molar-refractivity contribution in [2.75, 3.05) is 27.3 Å². The van der Waals surface area contributed by atoms with Gasteiger partial charge in [0.2, 0.25) is 0 Å². The van der Waals surface area contributed by atoms with Gasteiger partial charge in [0.1, 0.15) is 0 Å². The largest absolute Gasteiger partial charge is 0.385 e. The fraction of sp³-hybridized carbons (Fsp3) is 0.938. The summed E-state index contributed by atoms with van der Waals surface area (Å²) >= 11 is 0. The Morgan fingerprint density at radius 2 is 1.76 bits per heavy atom. The topological polar surface area (TPSA) is 45.7 Å². The molecule has 0 saturated heterocycles. The molecule has 1 unspecified atom stereocenters. The van der Waals surface area contributed by atoms with Crippen molar-refractivity contribution in [2.24, 2.45) is 10.9 Å². The van der Waals surface area contributed by atoms with Gasteiger partial charge in [-0.25, -0.2) is 0 Å². The molecule has 0 saturated carbocycles. The van der Waals surface area contributed by atoms with E-state index in [1.54, 1.807) is 7.11 Å². The van der Waals surface area contributed by atoms with Gasteiger partial charge in [-0.2, -0.15) is 0 Å². The van der Waals surface area contributed by atoms with Crippen LogP contribution in [0.1, 0.15) is 59.3 Å². The van der Waals surface area contributed by atoms with Crippen molar-refractivity contribution in [1.82, 2.24) is 10.6 Å². The van der Waals surface area contributed by atoms with Crippen molar-refractivity contribution in [3.05, 3.63) is 0 Å². The van der Waals surface area contributed by atoms with Gasteiger partial charge in [-0.15, -0.1) is 24.0 Å². The zero-order valence-electron chi connectivity index (χ0n) is 14.6. The molecule has 21 heavy (non-hydrogen) atoms. The predicted octanol–water partition coefficient (Wildman–Crippen LogP) is 3.80. The van der Waals surface area contributed by atoms with Crippen LogP contribution < -0.4 is 10.6 Å². The van der Waals surface area contributed by atoms with Crippen molar-refractivity contribution in [1.29, 1.82) is 0 Å². The molecule has 1 atom stereocenters. The van der Waals surface area contributed by atoms with E-state index in [0.717, 1.165) is 37.9 Å². The number of hydrogen-bond donors (Lipinski definition) is 2. The van der Waals surface area contributed by atoms with Gasteiger partial charge in [0.15, 0.2) is 5.96 Å². The quantitative estimate of drug-likeness (QED) is 0.234. The normalized spacial score (nSPS) is 13.0. The average molecular weight is 413 g/mol. The first kappa shape index (κ1) is 23.2. The van der Waals surface area contributed by atoms with E-state index in [-0.39, 0.29) is 24.0 Å². The molecule has 0 aliphatic heterocycles. The molecule has 0 aromatic heterocycles. The lowest BCUT2D eigenvalue weighted by atomic mass is 10.0. The number of guanidine groups is 1. The van der Waals surface area contributed by atoms with E-state index >= 15 is 0 Å². The third-order valence-corrected chi connectivity index (χ3v) is 3.34. The maximum atomic E-state index is 5.04. The Morgan fingerprint density at radius 1 is 1.05 bits per heavy atom. The highest BCUT2D eigenvalue weighted by atomic mass is 127. The maximum Gasteiger partial charge on any atom is 0.191 e. The van der Waals surface area contributed by atoms with Gasteiger partial charge in [-0.1, -0.05) is 26.7 Å². The summed E-state index contributed by atoms with van der Waals surface area (Å²) in [6.07, 6.45) is 7.27. The number of aliphatic imine (C=N–C) groups is 1. The number of ether oxygens (including phenoxy) is 1. The lowest BCUT2D eigenvalue weighted by Gasteiger charge is -2.18. The highest BCUT2D eigenvalue weighted by Crippen LogP contribution is 2.08. The van der Waals surface area contributed by atoms with Crippen molar-refractivity contribution >= 4 is 29.9 Å². The van der Waals surface area contributed by atoms with Crippen molar-refractivity contribution in [3.8, 4) is 0 Å². The summed E-state index contributed by atoms with van der Waals surface area (Å²) in [7, 11) is 3.59. The molecular formula is C16H36IN3O. The molecule has 2 N–H and O–H groups in total. The van der Waals surface area contributed by atoms with Crippen molar-refractivity contribution < 1.29 is 4.74 Å². The standard InChI is InChI=1S/C16H35N3O.HI/c1-14(2)10-9-11-15(3)19-16(17-4)18-12-7-6-8-13-20-5;/h14-15H,6-13H2,1-5H3,(H2,17,18,19);1H. The van der Waals surface area contributed by atoms with E-state index < -0.39 is 0 Å². The minimum atomic E-state index is 0. The van der Waals surface area contributed by atoms with Crippen LogP contribution >= 0.6 is 24.0 Å². The van der Waals surface area contributed by atoms with Crippen LogP contribution in [0.15, 0.2) is 4.99 Å². The first-order chi connectivity index (χ1) is 9.60. The van der Waals surface area contributed by atoms with E-state index in [1.807, 2.05) is 7.05 Å². The van der Waals surface area contributed by atoms with E-state index in [1.165, 1.54) is 25.7 Å². The summed E-state index contributed by atoms with van der Waals surface area (Å²) < 4.78 is 5.04. The second-order valence-electron chi connectivity index (χ2n) is 5.92. The van der Waals surface area contributed by atoms with Gasteiger partial charge < -0.3 is 15.4 Å². The molecule has 0 aliphatic rings. The second-order valence-corrected chi connectivity index (χ2v) is 5.92. The van der Waals surface area contributed by atoms with Crippen LogP contribution in [0.2, 0.25) is 0 Å². The predicted molar refractivity (Wildman–Crippen MR) is 104 cm³/mol. The Kier molecular flexibility index (Phi) is 18.1. The van der Waals surface area contributed by atoms with Gasteiger partial charge in [0, 0.05) is 33.4 Å². The summed E-state index contributed by atoms with van der Waals surface area (Å²) in [6, 6.07) is 0.480. The maximum absolute atomic E-state index is 5.04. The number of nitrogens with zero attached hydrogens (tertiary/aromatic N) is 1. The van der Waals surface area contributed by atoms with E-state index in [0.29, 0.717) is 6.04 Å². The molecular weight excluding hydrogens is 377 g/mol. The highest BCUT2D eigenvalue weighted by Gasteiger charge is 2.05. The number of methoxy groups -OCH3 is 1. The molecule has 0 amide bonds. The minimum Gasteiger partial charge on any atom is -0.385 e. The Labute approximate surface area is 148 Å². The van der Waals surface area contributed by atoms with Crippen LogP contribution in [-0.2, 0) is 4.74 Å². The zero-order valence-corrected chi connectivity index (χ0v) is 16.9. The Bertz CT molecular complexity index is 248. The SMILES string of the molecule is CN=C(NCCCCCOC)NC(C)CCCC(C)C.I. The molecule has 0 bridgehead atoms. The summed E-state index contributed by atoms with van der Waals surface area (Å²) in [5, 5.41) is 6.83. The summed E-state index contributed by atoms with van der Waals surface area (Å²) in [6.45, 7) is 8.62. The fourth-order valence-corrected chi connectivity index (χ4v) is 2.09. The smallest absolute Gasteiger partial charge is 0.191 e. The number of unbranched alkanes of at least 4 members (excludes halogenated alkanes) is 2. The number of nitrogens with one attached hydrogen (secondary N) is 2. The number of halogens is 1. The number of rotatable bonds is 11. The summed E-state index contributed by atoms with van der Waals surface area (Å²) in [5.41, 5.74) is 0. The van der Waals surface area contributed by atoms with Crippen LogP contribution in [0.5, 0.6) is 0 Å². The fourth-order valence-electron chi connectivity index (χ4n) is 2.09. The first-order valence-electron chi connectivity index (χ1n) is 8.06. The van der Waals surface area contributed by atoms with Gasteiger partial charge in [-0.05, 0) is 38.5 Å². The monoisotopic (exact) mass is 413 g/mol. The Morgan fingerprint density at radius 3 is 2.33 bits per heavy atom. The lowest BCUT2D eigenvalue weighted by Crippen LogP contribution is -2.42. The zero-order chi connectivity index (χ0) is 15.2. The Balaban J connectivity index is 0. The molecule has 0 heterocycles. The van der Waals surface area contributed by atoms with Gasteiger partial charge in [0.05, 0.1) is 0 Å². The van der Waals surface area contributed by atoms with E-state index in [2.05, 4.69) is 36.4 Å². The second kappa shape index (κ2) is 16.3. The third-order valence-electron chi connectivity index (χ3n) is 3.34. The summed E-state index contributed by atoms with van der Waals surface area (Å²) in [4.78, 5) is 4.27. The molecule has 5 heteroatoms. The van der Waals surface area contributed by atoms with Crippen LogP contribution in [0.3, 0.4) is 0 Å². The van der Waals surface area contributed by atoms with Gasteiger partial charge in [-0.3, -0.25) is 4.99 Å². The van der Waals surface area contributed by atoms with Crippen molar-refractivity contribution in [2.45, 2.75) is 65.3 Å². The summed E-state index contributed by atoms with van der Waals surface area (Å²) in [5.74, 6) is 1.72. The van der Waals surface area contributed by atoms with E-state index in [9.17, 15) is 0 Å². The minimum absolute atomic E-state index is 0. The molecule has 0 aliphatic carbocycles. The van der Waals surface area contributed by atoms with Crippen LogP contribution in [0.25, 0.3) is 0 Å². The molecule has 0 rings (SSSR count). The van der Waals surface area contributed by atoms with Crippen LogP contribution in [0, 0.1) is 5.92 Å². The molecule has 0 radical (unpaired) electrons. The highest BCUT2D eigenvalue weighted by molar-refractivity contribution is 14.0. The van der Waals surface area contributed by atoms with Crippen LogP contribution in [-0.4, -0.2) is 39.3 Å². The molecule has 128 valence electrons. The van der Waals surface area contributed by atoms with Gasteiger partial charge in [0.25, 0.3) is 0 Å². The third kappa shape index (κ3) is 16.2. The van der Waals surface area contributed by atoms with Crippen LogP contribution in [0.4, 0.5) is 0 Å². The van der Waals surface area contributed by atoms with Crippen molar-refractivity contribution in [3.63, 3.8) is 0 Å². The molecule has 0 spiro atoms. The Hall–Kier alpha value is -0.0400.